The summed E-state index contributed by atoms with van der Waals surface area (Å²) in [6.07, 6.45) is 0.944. The summed E-state index contributed by atoms with van der Waals surface area (Å²) in [5.74, 6) is -0.415. The van der Waals surface area contributed by atoms with Crippen molar-refractivity contribution in [3.8, 4) is 0 Å². The fraction of sp³-hybridized carbons (Fsp3) is 0.750. The predicted octanol–water partition coefficient (Wildman–Crippen LogP) is 0.218. The summed E-state index contributed by atoms with van der Waals surface area (Å²) in [4.78, 5) is 22.1. The van der Waals surface area contributed by atoms with Gasteiger partial charge >= 0.3 is 5.97 Å². The van der Waals surface area contributed by atoms with Crippen molar-refractivity contribution in [3.05, 3.63) is 0 Å². The van der Waals surface area contributed by atoms with Crippen LogP contribution < -0.4 is 5.32 Å². The maximum absolute atomic E-state index is 11.3. The molecule has 1 rings (SSSR count). The van der Waals surface area contributed by atoms with Crippen molar-refractivity contribution in [2.24, 2.45) is 0 Å². The first-order chi connectivity index (χ1) is 5.58. The molecule has 1 heterocycles. The first kappa shape index (κ1) is 9.03. The van der Waals surface area contributed by atoms with E-state index in [2.05, 4.69) is 5.32 Å². The molecule has 4 heteroatoms. The Bertz CT molecular complexity index is 214. The maximum Gasteiger partial charge on any atom is 0.331 e. The van der Waals surface area contributed by atoms with Crippen LogP contribution in [0.1, 0.15) is 26.7 Å². The molecule has 1 atom stereocenters. The normalized spacial score (nSPS) is 28.3. The SMILES string of the molecule is CCOC(=O)[C@]1(C)CCC(=O)N1. The van der Waals surface area contributed by atoms with Crippen LogP contribution in [0.4, 0.5) is 0 Å². The second-order valence-corrected chi connectivity index (χ2v) is 3.10. The van der Waals surface area contributed by atoms with E-state index in [1.807, 2.05) is 0 Å². The molecular formula is C8H13NO3. The Hall–Kier alpha value is -1.06. The number of esters is 1. The second kappa shape index (κ2) is 3.13. The van der Waals surface area contributed by atoms with E-state index in [9.17, 15) is 9.59 Å². The minimum atomic E-state index is -0.785. The van der Waals surface area contributed by atoms with Gasteiger partial charge in [-0.05, 0) is 20.3 Å². The number of amides is 1. The molecule has 0 spiro atoms. The minimum absolute atomic E-state index is 0.0782. The summed E-state index contributed by atoms with van der Waals surface area (Å²) in [6.45, 7) is 3.79. The van der Waals surface area contributed by atoms with E-state index in [-0.39, 0.29) is 11.9 Å². The third-order valence-corrected chi connectivity index (χ3v) is 1.99. The Morgan fingerprint density at radius 1 is 1.75 bits per heavy atom. The van der Waals surface area contributed by atoms with E-state index >= 15 is 0 Å². The van der Waals surface area contributed by atoms with Crippen LogP contribution in [0.5, 0.6) is 0 Å². The zero-order chi connectivity index (χ0) is 9.19. The molecule has 1 saturated heterocycles. The quantitative estimate of drug-likeness (QED) is 0.604. The fourth-order valence-electron chi connectivity index (χ4n) is 1.24. The molecule has 0 unspecified atom stereocenters. The number of nitrogens with one attached hydrogen (secondary N) is 1. The van der Waals surface area contributed by atoms with Crippen LogP contribution >= 0.6 is 0 Å². The Morgan fingerprint density at radius 2 is 2.42 bits per heavy atom. The molecule has 0 aromatic carbocycles. The lowest BCUT2D eigenvalue weighted by atomic mass is 10.0. The summed E-state index contributed by atoms with van der Waals surface area (Å²) >= 11 is 0. The van der Waals surface area contributed by atoms with Gasteiger partial charge in [-0.15, -0.1) is 0 Å². The van der Waals surface area contributed by atoms with Gasteiger partial charge in [0.1, 0.15) is 5.54 Å². The van der Waals surface area contributed by atoms with Crippen molar-refractivity contribution in [1.29, 1.82) is 0 Å². The van der Waals surface area contributed by atoms with E-state index < -0.39 is 5.54 Å². The molecule has 0 radical (unpaired) electrons. The van der Waals surface area contributed by atoms with Crippen LogP contribution in [0.2, 0.25) is 0 Å². The molecular weight excluding hydrogens is 158 g/mol. The summed E-state index contributed by atoms with van der Waals surface area (Å²) < 4.78 is 4.82. The number of carbonyl (C=O) groups is 2. The number of hydrogen-bond acceptors (Lipinski definition) is 3. The highest BCUT2D eigenvalue weighted by Crippen LogP contribution is 2.20. The summed E-state index contributed by atoms with van der Waals surface area (Å²) in [5.41, 5.74) is -0.785. The van der Waals surface area contributed by atoms with Crippen LogP contribution in [0.15, 0.2) is 0 Å². The maximum atomic E-state index is 11.3. The van der Waals surface area contributed by atoms with Gasteiger partial charge in [-0.3, -0.25) is 4.79 Å². The lowest BCUT2D eigenvalue weighted by Gasteiger charge is -2.20. The Morgan fingerprint density at radius 3 is 2.83 bits per heavy atom. The van der Waals surface area contributed by atoms with Gasteiger partial charge in [-0.25, -0.2) is 4.79 Å². The van der Waals surface area contributed by atoms with Gasteiger partial charge in [0.15, 0.2) is 0 Å². The van der Waals surface area contributed by atoms with E-state index in [0.29, 0.717) is 19.4 Å². The van der Waals surface area contributed by atoms with Gasteiger partial charge < -0.3 is 10.1 Å². The number of rotatable bonds is 2. The zero-order valence-electron chi connectivity index (χ0n) is 7.35. The average Bonchev–Trinajstić information content (AvgIpc) is 2.33. The lowest BCUT2D eigenvalue weighted by Crippen LogP contribution is -2.47. The molecule has 0 aromatic rings. The molecule has 1 aliphatic heterocycles. The summed E-state index contributed by atoms with van der Waals surface area (Å²) in [7, 11) is 0. The fourth-order valence-corrected chi connectivity index (χ4v) is 1.24. The Labute approximate surface area is 71.3 Å². The topological polar surface area (TPSA) is 55.4 Å². The van der Waals surface area contributed by atoms with Crippen molar-refractivity contribution in [1.82, 2.24) is 5.32 Å². The highest BCUT2D eigenvalue weighted by Gasteiger charge is 2.41. The van der Waals surface area contributed by atoms with Crippen LogP contribution in [0.25, 0.3) is 0 Å². The number of ether oxygens (including phenoxy) is 1. The number of carbonyl (C=O) groups excluding carboxylic acids is 2. The molecule has 4 nitrogen and oxygen atoms in total. The van der Waals surface area contributed by atoms with Crippen LogP contribution in [0, 0.1) is 0 Å². The highest BCUT2D eigenvalue weighted by molar-refractivity contribution is 5.91. The minimum Gasteiger partial charge on any atom is -0.464 e. The summed E-state index contributed by atoms with van der Waals surface area (Å²) in [6, 6.07) is 0. The van der Waals surface area contributed by atoms with Gasteiger partial charge in [0.05, 0.1) is 6.61 Å². The standard InChI is InChI=1S/C8H13NO3/c1-3-12-7(11)8(2)5-4-6(10)9-8/h3-5H2,1-2H3,(H,9,10)/t8-/m0/s1. The predicted molar refractivity (Wildman–Crippen MR) is 42.4 cm³/mol. The van der Waals surface area contributed by atoms with E-state index in [1.54, 1.807) is 13.8 Å². The van der Waals surface area contributed by atoms with Gasteiger partial charge in [0.25, 0.3) is 0 Å². The first-order valence-corrected chi connectivity index (χ1v) is 4.07. The molecule has 0 aromatic heterocycles. The van der Waals surface area contributed by atoms with Gasteiger partial charge in [-0.2, -0.15) is 0 Å². The van der Waals surface area contributed by atoms with E-state index in [1.165, 1.54) is 0 Å². The van der Waals surface area contributed by atoms with Gasteiger partial charge in [0.2, 0.25) is 5.91 Å². The molecule has 12 heavy (non-hydrogen) atoms. The first-order valence-electron chi connectivity index (χ1n) is 4.07. The van der Waals surface area contributed by atoms with Crippen molar-refractivity contribution in [3.63, 3.8) is 0 Å². The monoisotopic (exact) mass is 171 g/mol. The van der Waals surface area contributed by atoms with E-state index in [4.69, 9.17) is 4.74 Å². The average molecular weight is 171 g/mol. The third-order valence-electron chi connectivity index (χ3n) is 1.99. The zero-order valence-corrected chi connectivity index (χ0v) is 7.35. The smallest absolute Gasteiger partial charge is 0.331 e. The Kier molecular flexibility index (Phi) is 2.35. The van der Waals surface area contributed by atoms with Crippen LogP contribution in [-0.2, 0) is 14.3 Å². The highest BCUT2D eigenvalue weighted by atomic mass is 16.5. The molecule has 1 fully saturated rings. The summed E-state index contributed by atoms with van der Waals surface area (Å²) in [5, 5.41) is 2.60. The van der Waals surface area contributed by atoms with Crippen molar-refractivity contribution >= 4 is 11.9 Å². The third kappa shape index (κ3) is 1.57. The van der Waals surface area contributed by atoms with Crippen molar-refractivity contribution < 1.29 is 14.3 Å². The molecule has 68 valence electrons. The molecule has 0 saturated carbocycles. The number of hydrogen-bond donors (Lipinski definition) is 1. The molecule has 1 aliphatic rings. The van der Waals surface area contributed by atoms with Gasteiger partial charge in [-0.1, -0.05) is 0 Å². The van der Waals surface area contributed by atoms with Crippen LogP contribution in [-0.4, -0.2) is 24.0 Å². The molecule has 0 bridgehead atoms. The van der Waals surface area contributed by atoms with Gasteiger partial charge in [0, 0.05) is 6.42 Å². The van der Waals surface area contributed by atoms with Crippen LogP contribution in [0.3, 0.4) is 0 Å². The molecule has 1 N–H and O–H groups in total. The van der Waals surface area contributed by atoms with Crippen molar-refractivity contribution in [2.45, 2.75) is 32.2 Å². The largest absolute Gasteiger partial charge is 0.464 e. The van der Waals surface area contributed by atoms with Crippen molar-refractivity contribution in [2.75, 3.05) is 6.61 Å². The Balaban J connectivity index is 2.60. The molecule has 1 amide bonds. The molecule has 0 aliphatic carbocycles. The van der Waals surface area contributed by atoms with E-state index in [0.717, 1.165) is 0 Å². The second-order valence-electron chi connectivity index (χ2n) is 3.10. The lowest BCUT2D eigenvalue weighted by molar-refractivity contribution is -0.150.